The quantitative estimate of drug-likeness (QED) is 0.502. The van der Waals surface area contributed by atoms with E-state index in [1.807, 2.05) is 0 Å². The number of amides is 2. The van der Waals surface area contributed by atoms with Crippen LogP contribution in [0.1, 0.15) is 25.7 Å². The summed E-state index contributed by atoms with van der Waals surface area (Å²) in [5.74, 6) is -0.0311. The number of carbonyl (C=O) groups is 2. The van der Waals surface area contributed by atoms with Crippen LogP contribution in [-0.2, 0) is 24.1 Å². The minimum atomic E-state index is -0.312. The van der Waals surface area contributed by atoms with Gasteiger partial charge in [0.1, 0.15) is 0 Å². The molecule has 2 atom stereocenters. The van der Waals surface area contributed by atoms with Gasteiger partial charge in [0.25, 0.3) is 0 Å². The van der Waals surface area contributed by atoms with Gasteiger partial charge >= 0.3 is 127 Å². The fourth-order valence-electron chi connectivity index (χ4n) is 2.44. The zero-order chi connectivity index (χ0) is 14.0. The number of hydrogen-bond donors (Lipinski definition) is 2. The van der Waals surface area contributed by atoms with Gasteiger partial charge in [0.2, 0.25) is 0 Å². The molecule has 2 amide bonds. The molecule has 1 saturated heterocycles. The average molecular weight is 449 g/mol. The number of carbonyl (C=O) groups excluding carboxylic acids is 2. The van der Waals surface area contributed by atoms with E-state index in [-0.39, 0.29) is 28.1 Å². The van der Waals surface area contributed by atoms with Crippen molar-refractivity contribution in [3.63, 3.8) is 0 Å². The van der Waals surface area contributed by atoms with Gasteiger partial charge in [0, 0.05) is 0 Å². The summed E-state index contributed by atoms with van der Waals surface area (Å²) >= 11 is 2.39. The third-order valence-corrected chi connectivity index (χ3v) is 6.43. The summed E-state index contributed by atoms with van der Waals surface area (Å²) in [5, 5.41) is 11.1. The Morgan fingerprint density at radius 2 is 2.21 bits per heavy atom. The zero-order valence-electron chi connectivity index (χ0n) is 10.3. The zero-order valence-corrected chi connectivity index (χ0v) is 14.1. The molecule has 0 aromatic carbocycles. The van der Waals surface area contributed by atoms with Gasteiger partial charge in [-0.25, -0.2) is 0 Å². The third-order valence-electron chi connectivity index (χ3n) is 3.29. The summed E-state index contributed by atoms with van der Waals surface area (Å²) in [6, 6.07) is 0. The Hall–Kier alpha value is -0.672. The van der Waals surface area contributed by atoms with Gasteiger partial charge in [0.05, 0.1) is 0 Å². The van der Waals surface area contributed by atoms with Crippen molar-refractivity contribution in [2.75, 3.05) is 0 Å². The van der Waals surface area contributed by atoms with Gasteiger partial charge in [-0.1, -0.05) is 0 Å². The molecule has 1 aliphatic carbocycles. The Labute approximate surface area is 127 Å². The maximum atomic E-state index is 11.8. The van der Waals surface area contributed by atoms with Crippen LogP contribution in [0.5, 0.6) is 0 Å². The van der Waals surface area contributed by atoms with Crippen LogP contribution in [-0.4, -0.2) is 25.4 Å². The van der Waals surface area contributed by atoms with E-state index in [9.17, 15) is 14.7 Å². The molecule has 0 aromatic heterocycles. The first-order chi connectivity index (χ1) is 8.99. The average Bonchev–Trinajstić information content (AvgIpc) is 2.55. The Balaban J connectivity index is 2.24. The van der Waals surface area contributed by atoms with Gasteiger partial charge in [-0.15, -0.1) is 0 Å². The molecule has 2 unspecified atom stereocenters. The Kier molecular flexibility index (Phi) is 4.80. The predicted octanol–water partition coefficient (Wildman–Crippen LogP) is 2.25. The first-order valence-electron chi connectivity index (χ1n) is 6.13. The first kappa shape index (κ1) is 14.7. The van der Waals surface area contributed by atoms with Crippen LogP contribution in [0.2, 0.25) is 0 Å². The van der Waals surface area contributed by atoms with Gasteiger partial charge in [-0.2, -0.15) is 0 Å². The molecule has 0 spiro atoms. The number of nitrogens with one attached hydrogen (secondary N) is 1. The van der Waals surface area contributed by atoms with E-state index in [4.69, 9.17) is 0 Å². The molecule has 0 radical (unpaired) electrons. The second-order valence-electron chi connectivity index (χ2n) is 4.69. The molecule has 2 fully saturated rings. The van der Waals surface area contributed by atoms with Crippen LogP contribution >= 0.6 is 11.8 Å². The third kappa shape index (κ3) is 3.45. The van der Waals surface area contributed by atoms with E-state index in [2.05, 4.69) is 11.9 Å². The number of thioether (sulfide) groups is 1. The SMILES string of the molecule is C=C(O)C=C1CCCCC(C2SC(=O)NC2=O)[C]1=[W]. The van der Waals surface area contributed by atoms with E-state index < -0.39 is 0 Å². The van der Waals surface area contributed by atoms with Crippen molar-refractivity contribution in [3.8, 4) is 0 Å². The molecule has 1 saturated carbocycles. The summed E-state index contributed by atoms with van der Waals surface area (Å²) in [4.78, 5) is 23.1. The van der Waals surface area contributed by atoms with Crippen molar-refractivity contribution in [2.45, 2.75) is 30.9 Å². The van der Waals surface area contributed by atoms with Crippen molar-refractivity contribution in [1.29, 1.82) is 0 Å². The van der Waals surface area contributed by atoms with E-state index in [0.717, 1.165) is 43.0 Å². The number of imide groups is 1. The molecular formula is C13H15NO3SW. The summed E-state index contributed by atoms with van der Waals surface area (Å²) < 4.78 is 1.18. The normalized spacial score (nSPS) is 30.3. The van der Waals surface area contributed by atoms with Crippen molar-refractivity contribution < 1.29 is 34.0 Å². The molecule has 1 heterocycles. The van der Waals surface area contributed by atoms with Crippen LogP contribution in [0.3, 0.4) is 0 Å². The molecule has 2 rings (SSSR count). The first-order valence-corrected chi connectivity index (χ1v) is 8.48. The number of rotatable bonds is 2. The monoisotopic (exact) mass is 449 g/mol. The second-order valence-corrected chi connectivity index (χ2v) is 7.39. The van der Waals surface area contributed by atoms with Crippen LogP contribution in [0.15, 0.2) is 24.0 Å². The van der Waals surface area contributed by atoms with Crippen molar-refractivity contribution in [3.05, 3.63) is 24.0 Å². The molecule has 0 aromatic rings. The molecule has 6 heteroatoms. The van der Waals surface area contributed by atoms with Gasteiger partial charge in [-0.3, -0.25) is 0 Å². The molecule has 2 aliphatic rings. The minimum absolute atomic E-state index is 0.0500. The summed E-state index contributed by atoms with van der Waals surface area (Å²) in [6.07, 6.45) is 5.60. The second kappa shape index (κ2) is 6.19. The molecule has 1 aliphatic heterocycles. The van der Waals surface area contributed by atoms with Crippen LogP contribution in [0, 0.1) is 5.92 Å². The Morgan fingerprint density at radius 1 is 1.47 bits per heavy atom. The fraction of sp³-hybridized carbons (Fsp3) is 0.462. The van der Waals surface area contributed by atoms with E-state index in [1.54, 1.807) is 6.08 Å². The standard InChI is InChI=1S/C13H15NO3S.W/c1-8(15)6-9-4-2-3-5-10(7-9)11-12(16)14-13(17)18-11;/h6,10-11,15H,1-5H2,(H,14,16,17);. The van der Waals surface area contributed by atoms with E-state index >= 15 is 0 Å². The van der Waals surface area contributed by atoms with Crippen molar-refractivity contribution in [1.82, 2.24) is 5.32 Å². The van der Waals surface area contributed by atoms with Gasteiger partial charge in [-0.05, 0) is 0 Å². The van der Waals surface area contributed by atoms with Crippen molar-refractivity contribution in [2.24, 2.45) is 5.92 Å². The molecule has 0 bridgehead atoms. The van der Waals surface area contributed by atoms with Crippen LogP contribution in [0.4, 0.5) is 4.79 Å². The summed E-state index contributed by atoms with van der Waals surface area (Å²) in [6.45, 7) is 3.50. The van der Waals surface area contributed by atoms with Crippen molar-refractivity contribution >= 4 is 26.8 Å². The summed E-state index contributed by atoms with van der Waals surface area (Å²) in [5.41, 5.74) is 1.08. The molecule has 4 nitrogen and oxygen atoms in total. The maximum absolute atomic E-state index is 11.8. The van der Waals surface area contributed by atoms with E-state index in [0.29, 0.717) is 0 Å². The fourth-order valence-corrected chi connectivity index (χ4v) is 5.27. The van der Waals surface area contributed by atoms with Gasteiger partial charge in [0.15, 0.2) is 0 Å². The molecular weight excluding hydrogens is 434 g/mol. The number of hydrogen-bond acceptors (Lipinski definition) is 4. The molecule has 2 N–H and O–H groups in total. The predicted molar refractivity (Wildman–Crippen MR) is 71.7 cm³/mol. The van der Waals surface area contributed by atoms with Crippen LogP contribution in [0.25, 0.3) is 0 Å². The van der Waals surface area contributed by atoms with E-state index in [1.165, 1.54) is 23.3 Å². The van der Waals surface area contributed by atoms with Crippen LogP contribution < -0.4 is 5.32 Å². The molecule has 102 valence electrons. The summed E-state index contributed by atoms with van der Waals surface area (Å²) in [7, 11) is 0. The Bertz CT molecular complexity index is 486. The number of aliphatic hydroxyl groups is 1. The number of allylic oxidation sites excluding steroid dienone is 2. The number of aliphatic hydroxyl groups excluding tert-OH is 1. The topological polar surface area (TPSA) is 66.4 Å². The van der Waals surface area contributed by atoms with Gasteiger partial charge < -0.3 is 0 Å². The Morgan fingerprint density at radius 3 is 2.79 bits per heavy atom. The molecule has 19 heavy (non-hydrogen) atoms.